The molecule has 0 bridgehead atoms. The van der Waals surface area contributed by atoms with Gasteiger partial charge in [0.15, 0.2) is 0 Å². The summed E-state index contributed by atoms with van der Waals surface area (Å²) in [6.45, 7) is 12.3. The van der Waals surface area contributed by atoms with Gasteiger partial charge in [0.05, 0.1) is 7.85 Å². The van der Waals surface area contributed by atoms with Crippen molar-refractivity contribution in [2.45, 2.75) is 91.4 Å². The van der Waals surface area contributed by atoms with Crippen molar-refractivity contribution in [3.8, 4) is 0 Å². The van der Waals surface area contributed by atoms with E-state index >= 15 is 0 Å². The van der Waals surface area contributed by atoms with Gasteiger partial charge in [-0.3, -0.25) is 4.79 Å². The normalized spacial score (nSPS) is 37.1. The zero-order valence-corrected chi connectivity index (χ0v) is 16.0. The van der Waals surface area contributed by atoms with Crippen LogP contribution in [0.2, 0.25) is 5.82 Å². The summed E-state index contributed by atoms with van der Waals surface area (Å²) in [4.78, 5) is 15.1. The number of hydrogen-bond donors (Lipinski definition) is 0. The zero-order valence-electron chi connectivity index (χ0n) is 16.0. The first-order valence-corrected chi connectivity index (χ1v) is 9.80. The number of likely N-dealkylation sites (tertiary alicyclic amines) is 1. The Morgan fingerprint density at radius 1 is 1.09 bits per heavy atom. The van der Waals surface area contributed by atoms with Gasteiger partial charge in [0, 0.05) is 18.5 Å². The highest BCUT2D eigenvalue weighted by Crippen LogP contribution is 2.47. The van der Waals surface area contributed by atoms with Crippen LogP contribution < -0.4 is 0 Å². The predicted molar refractivity (Wildman–Crippen MR) is 98.6 cm³/mol. The lowest BCUT2D eigenvalue weighted by atomic mass is 9.60. The van der Waals surface area contributed by atoms with Gasteiger partial charge in [0.1, 0.15) is 0 Å². The second-order valence-electron chi connectivity index (χ2n) is 9.04. The minimum Gasteiger partial charge on any atom is -0.340 e. The molecule has 1 saturated carbocycles. The third-order valence-corrected chi connectivity index (χ3v) is 6.72. The second-order valence-corrected chi connectivity index (χ2v) is 9.04. The average Bonchev–Trinajstić information content (AvgIpc) is 2.44. The smallest absolute Gasteiger partial charge is 0.226 e. The number of fused-ring (bicyclic) bond motifs is 1. The number of rotatable bonds is 2. The molecule has 3 heteroatoms. The fraction of sp³-hybridized carbons (Fsp3) is 0.950. The second kappa shape index (κ2) is 7.61. The number of carbonyl (C=O) groups excluding carboxylic acids is 1. The van der Waals surface area contributed by atoms with Crippen molar-refractivity contribution in [1.29, 1.82) is 0 Å². The molecule has 2 nitrogen and oxygen atoms in total. The Morgan fingerprint density at radius 2 is 1.74 bits per heavy atom. The van der Waals surface area contributed by atoms with Crippen molar-refractivity contribution < 1.29 is 4.79 Å². The first-order valence-electron chi connectivity index (χ1n) is 9.80. The minimum atomic E-state index is 0.249. The van der Waals surface area contributed by atoms with Crippen LogP contribution >= 0.6 is 0 Å². The highest BCUT2D eigenvalue weighted by atomic mass is 16.2. The van der Waals surface area contributed by atoms with Crippen molar-refractivity contribution in [1.82, 2.24) is 4.90 Å². The summed E-state index contributed by atoms with van der Waals surface area (Å²) in [5.41, 5.74) is 0.264. The van der Waals surface area contributed by atoms with Crippen LogP contribution in [0.3, 0.4) is 0 Å². The molecule has 1 aliphatic carbocycles. The summed E-state index contributed by atoms with van der Waals surface area (Å²) in [6.07, 6.45) is 7.96. The molecule has 0 aromatic carbocycles. The van der Waals surface area contributed by atoms with E-state index in [0.717, 1.165) is 32.2 Å². The molecule has 1 saturated heterocycles. The van der Waals surface area contributed by atoms with Crippen LogP contribution in [-0.2, 0) is 4.79 Å². The third kappa shape index (κ3) is 4.34. The Bertz CT molecular complexity index is 408. The molecule has 1 aliphatic heterocycles. The summed E-state index contributed by atoms with van der Waals surface area (Å²) in [5.74, 6) is 2.17. The van der Waals surface area contributed by atoms with Gasteiger partial charge < -0.3 is 4.90 Å². The molecular formula is C20H36BNO. The molecular weight excluding hydrogens is 281 g/mol. The van der Waals surface area contributed by atoms with Crippen LogP contribution in [0.25, 0.3) is 0 Å². The van der Waals surface area contributed by atoms with Gasteiger partial charge in [-0.25, -0.2) is 0 Å². The standard InChI is InChI=1S/C20H36BNO/c1-14(2)20(5)12-16-10-11-22(15(3)4)19(23)18(16)9-7-6-8-17(21)13-20/h14-18H,6-13H2,1-5H3. The van der Waals surface area contributed by atoms with E-state index in [0.29, 0.717) is 29.6 Å². The van der Waals surface area contributed by atoms with Gasteiger partial charge in [0.25, 0.3) is 0 Å². The highest BCUT2D eigenvalue weighted by Gasteiger charge is 2.42. The maximum absolute atomic E-state index is 13.0. The molecule has 130 valence electrons. The number of amides is 1. The topological polar surface area (TPSA) is 20.3 Å². The maximum atomic E-state index is 13.0. The van der Waals surface area contributed by atoms with E-state index in [-0.39, 0.29) is 11.3 Å². The molecule has 0 aromatic rings. The summed E-state index contributed by atoms with van der Waals surface area (Å²) in [7, 11) is 6.42. The lowest BCUT2D eigenvalue weighted by Gasteiger charge is -2.46. The van der Waals surface area contributed by atoms with Gasteiger partial charge in [-0.1, -0.05) is 52.3 Å². The maximum Gasteiger partial charge on any atom is 0.226 e. The van der Waals surface area contributed by atoms with Crippen molar-refractivity contribution in [2.75, 3.05) is 6.54 Å². The molecule has 2 aliphatic rings. The Balaban J connectivity index is 2.22. The molecule has 1 amide bonds. The average molecular weight is 317 g/mol. The van der Waals surface area contributed by atoms with Crippen molar-refractivity contribution in [2.24, 2.45) is 23.2 Å². The predicted octanol–water partition coefficient (Wildman–Crippen LogP) is 4.83. The van der Waals surface area contributed by atoms with E-state index in [4.69, 9.17) is 7.85 Å². The van der Waals surface area contributed by atoms with E-state index < -0.39 is 0 Å². The SMILES string of the molecule is [B]C1CCCCC2C(=O)N(C(C)C)CCC2CC(C)(C(C)C)C1. The van der Waals surface area contributed by atoms with Crippen LogP contribution in [0.4, 0.5) is 0 Å². The molecule has 0 aromatic heterocycles. The van der Waals surface area contributed by atoms with Crippen LogP contribution in [-0.4, -0.2) is 31.2 Å². The van der Waals surface area contributed by atoms with Gasteiger partial charge in [0.2, 0.25) is 5.91 Å². The van der Waals surface area contributed by atoms with Crippen molar-refractivity contribution in [3.05, 3.63) is 0 Å². The molecule has 1 heterocycles. The number of piperidine rings is 1. The van der Waals surface area contributed by atoms with Crippen molar-refractivity contribution in [3.63, 3.8) is 0 Å². The largest absolute Gasteiger partial charge is 0.340 e. The van der Waals surface area contributed by atoms with Crippen LogP contribution in [0.15, 0.2) is 0 Å². The molecule has 2 radical (unpaired) electrons. The fourth-order valence-corrected chi connectivity index (χ4v) is 4.77. The first kappa shape index (κ1) is 18.9. The Morgan fingerprint density at radius 3 is 2.35 bits per heavy atom. The molecule has 2 rings (SSSR count). The summed E-state index contributed by atoms with van der Waals surface area (Å²) in [5, 5.41) is 0. The molecule has 4 atom stereocenters. The summed E-state index contributed by atoms with van der Waals surface area (Å²) < 4.78 is 0. The monoisotopic (exact) mass is 317 g/mol. The van der Waals surface area contributed by atoms with E-state index in [9.17, 15) is 4.79 Å². The highest BCUT2D eigenvalue weighted by molar-refractivity contribution is 6.11. The number of nitrogens with zero attached hydrogens (tertiary/aromatic N) is 1. The third-order valence-electron chi connectivity index (χ3n) is 6.72. The molecule has 0 N–H and O–H groups in total. The summed E-state index contributed by atoms with van der Waals surface area (Å²) in [6, 6.07) is 0.337. The minimum absolute atomic E-state index is 0.249. The molecule has 4 unspecified atom stereocenters. The lowest BCUT2D eigenvalue weighted by molar-refractivity contribution is -0.144. The van der Waals surface area contributed by atoms with Crippen LogP contribution in [0.5, 0.6) is 0 Å². The van der Waals surface area contributed by atoms with E-state index in [1.165, 1.54) is 19.3 Å². The summed E-state index contributed by atoms with van der Waals surface area (Å²) >= 11 is 0. The Kier molecular flexibility index (Phi) is 6.25. The van der Waals surface area contributed by atoms with Gasteiger partial charge in [-0.2, -0.15) is 0 Å². The molecule has 2 fully saturated rings. The van der Waals surface area contributed by atoms with Gasteiger partial charge in [-0.15, -0.1) is 0 Å². The quantitative estimate of drug-likeness (QED) is 0.668. The molecule has 23 heavy (non-hydrogen) atoms. The Hall–Kier alpha value is -0.465. The van der Waals surface area contributed by atoms with Crippen LogP contribution in [0.1, 0.15) is 79.6 Å². The van der Waals surface area contributed by atoms with Gasteiger partial charge >= 0.3 is 0 Å². The fourth-order valence-electron chi connectivity index (χ4n) is 4.77. The number of carbonyl (C=O) groups is 1. The van der Waals surface area contributed by atoms with E-state index in [2.05, 4.69) is 39.5 Å². The van der Waals surface area contributed by atoms with E-state index in [1.807, 2.05) is 0 Å². The van der Waals surface area contributed by atoms with Gasteiger partial charge in [-0.05, 0) is 50.4 Å². The molecule has 0 spiro atoms. The van der Waals surface area contributed by atoms with Crippen LogP contribution in [0, 0.1) is 23.2 Å². The Labute approximate surface area is 145 Å². The number of hydrogen-bond acceptors (Lipinski definition) is 1. The van der Waals surface area contributed by atoms with Crippen molar-refractivity contribution >= 4 is 13.8 Å². The zero-order chi connectivity index (χ0) is 17.2. The lowest BCUT2D eigenvalue weighted by Crippen LogP contribution is -2.50. The first-order chi connectivity index (χ1) is 10.7. The van der Waals surface area contributed by atoms with E-state index in [1.54, 1.807) is 0 Å².